The van der Waals surface area contributed by atoms with E-state index in [-0.39, 0.29) is 11.5 Å². The maximum atomic E-state index is 12.3. The van der Waals surface area contributed by atoms with E-state index in [4.69, 9.17) is 9.15 Å². The van der Waals surface area contributed by atoms with Crippen molar-refractivity contribution in [2.45, 2.75) is 0 Å². The molecular formula is C20H14BrNO5. The summed E-state index contributed by atoms with van der Waals surface area (Å²) in [5.41, 5.74) is 1.18. The fourth-order valence-electron chi connectivity index (χ4n) is 2.43. The van der Waals surface area contributed by atoms with Crippen molar-refractivity contribution in [1.29, 1.82) is 0 Å². The Morgan fingerprint density at radius 3 is 2.70 bits per heavy atom. The average Bonchev–Trinajstić information content (AvgIpc) is 3.14. The van der Waals surface area contributed by atoms with Crippen LogP contribution in [0.15, 0.2) is 69.6 Å². The standard InChI is InChI=1S/C20H14BrNO5/c1-26-16-4-2-3-13(11-16)19(23)9-6-15-7-10-20(27-15)17-8-5-14(22(24)25)12-18(17)21/h2-12H,1H3. The van der Waals surface area contributed by atoms with Gasteiger partial charge in [0.25, 0.3) is 5.69 Å². The predicted molar refractivity (Wildman–Crippen MR) is 105 cm³/mol. The van der Waals surface area contributed by atoms with E-state index in [9.17, 15) is 14.9 Å². The lowest BCUT2D eigenvalue weighted by molar-refractivity contribution is -0.384. The molecule has 1 heterocycles. The summed E-state index contributed by atoms with van der Waals surface area (Å²) in [6, 6.07) is 14.8. The zero-order chi connectivity index (χ0) is 19.4. The van der Waals surface area contributed by atoms with Crippen LogP contribution in [0.5, 0.6) is 5.75 Å². The van der Waals surface area contributed by atoms with Gasteiger partial charge in [-0.3, -0.25) is 14.9 Å². The molecule has 3 aromatic rings. The van der Waals surface area contributed by atoms with Gasteiger partial charge in [-0.15, -0.1) is 0 Å². The number of carbonyl (C=O) groups is 1. The summed E-state index contributed by atoms with van der Waals surface area (Å²) in [4.78, 5) is 22.6. The molecule has 7 heteroatoms. The largest absolute Gasteiger partial charge is 0.497 e. The molecule has 0 bridgehead atoms. The molecule has 3 rings (SSSR count). The van der Waals surface area contributed by atoms with E-state index in [1.165, 1.54) is 18.2 Å². The summed E-state index contributed by atoms with van der Waals surface area (Å²) in [7, 11) is 1.54. The van der Waals surface area contributed by atoms with Crippen LogP contribution in [0.3, 0.4) is 0 Å². The third-order valence-corrected chi connectivity index (χ3v) is 4.47. The van der Waals surface area contributed by atoms with E-state index in [1.807, 2.05) is 0 Å². The number of benzene rings is 2. The summed E-state index contributed by atoms with van der Waals surface area (Å²) in [6.45, 7) is 0. The van der Waals surface area contributed by atoms with Crippen molar-refractivity contribution in [2.75, 3.05) is 7.11 Å². The first kappa shape index (κ1) is 18.6. The summed E-state index contributed by atoms with van der Waals surface area (Å²) in [5, 5.41) is 10.8. The number of halogens is 1. The highest BCUT2D eigenvalue weighted by Crippen LogP contribution is 2.32. The van der Waals surface area contributed by atoms with Crippen LogP contribution >= 0.6 is 15.9 Å². The Labute approximate surface area is 163 Å². The third-order valence-electron chi connectivity index (χ3n) is 3.81. The second-order valence-corrected chi connectivity index (χ2v) is 6.41. The van der Waals surface area contributed by atoms with Gasteiger partial charge in [0.1, 0.15) is 17.3 Å². The smallest absolute Gasteiger partial charge is 0.270 e. The van der Waals surface area contributed by atoms with E-state index in [0.717, 1.165) is 0 Å². The summed E-state index contributed by atoms with van der Waals surface area (Å²) < 4.78 is 11.4. The van der Waals surface area contributed by atoms with Gasteiger partial charge in [-0.05, 0) is 58.4 Å². The van der Waals surface area contributed by atoms with Crippen LogP contribution in [0.1, 0.15) is 16.1 Å². The van der Waals surface area contributed by atoms with Crippen LogP contribution in [-0.4, -0.2) is 17.8 Å². The predicted octanol–water partition coefficient (Wildman–Crippen LogP) is 5.52. The number of hydrogen-bond acceptors (Lipinski definition) is 5. The van der Waals surface area contributed by atoms with Gasteiger partial charge < -0.3 is 9.15 Å². The van der Waals surface area contributed by atoms with Crippen LogP contribution in [0.25, 0.3) is 17.4 Å². The van der Waals surface area contributed by atoms with Gasteiger partial charge in [0.15, 0.2) is 5.78 Å². The molecule has 0 atom stereocenters. The quantitative estimate of drug-likeness (QED) is 0.223. The molecule has 0 aliphatic heterocycles. The van der Waals surface area contributed by atoms with E-state index >= 15 is 0 Å². The number of carbonyl (C=O) groups excluding carboxylic acids is 1. The zero-order valence-corrected chi connectivity index (χ0v) is 15.8. The highest BCUT2D eigenvalue weighted by atomic mass is 79.9. The molecule has 6 nitrogen and oxygen atoms in total. The van der Waals surface area contributed by atoms with Crippen molar-refractivity contribution in [3.63, 3.8) is 0 Å². The van der Waals surface area contributed by atoms with Gasteiger partial charge in [-0.25, -0.2) is 0 Å². The molecule has 136 valence electrons. The monoisotopic (exact) mass is 427 g/mol. The number of non-ortho nitro benzene ring substituents is 1. The molecule has 0 radical (unpaired) electrons. The van der Waals surface area contributed by atoms with Crippen LogP contribution in [0, 0.1) is 10.1 Å². The fourth-order valence-corrected chi connectivity index (χ4v) is 3.00. The van der Waals surface area contributed by atoms with Crippen LogP contribution < -0.4 is 4.74 Å². The number of allylic oxidation sites excluding steroid dienone is 1. The van der Waals surface area contributed by atoms with Gasteiger partial charge in [-0.1, -0.05) is 12.1 Å². The minimum Gasteiger partial charge on any atom is -0.497 e. The summed E-state index contributed by atoms with van der Waals surface area (Å²) in [6.07, 6.45) is 2.99. The van der Waals surface area contributed by atoms with Crippen LogP contribution in [-0.2, 0) is 0 Å². The first-order chi connectivity index (χ1) is 13.0. The molecule has 1 aromatic heterocycles. The maximum Gasteiger partial charge on any atom is 0.270 e. The van der Waals surface area contributed by atoms with Gasteiger partial charge in [0.05, 0.1) is 12.0 Å². The highest BCUT2D eigenvalue weighted by molar-refractivity contribution is 9.10. The molecule has 0 amide bonds. The topological polar surface area (TPSA) is 82.6 Å². The van der Waals surface area contributed by atoms with Crippen molar-refractivity contribution >= 4 is 33.5 Å². The fraction of sp³-hybridized carbons (Fsp3) is 0.0500. The van der Waals surface area contributed by atoms with Crippen molar-refractivity contribution in [2.24, 2.45) is 0 Å². The molecule has 0 aliphatic carbocycles. The minimum atomic E-state index is -0.463. The lowest BCUT2D eigenvalue weighted by Crippen LogP contribution is -1.94. The summed E-state index contributed by atoms with van der Waals surface area (Å²) >= 11 is 3.32. The normalized spacial score (nSPS) is 10.9. The number of nitro benzene ring substituents is 1. The second kappa shape index (κ2) is 8.01. The number of nitrogens with zero attached hydrogens (tertiary/aromatic N) is 1. The Balaban J connectivity index is 1.78. The SMILES string of the molecule is COc1cccc(C(=O)C=Cc2ccc(-c3ccc([N+](=O)[O-])cc3Br)o2)c1. The summed E-state index contributed by atoms with van der Waals surface area (Å²) in [5.74, 6) is 1.46. The van der Waals surface area contributed by atoms with Crippen molar-refractivity contribution in [3.8, 4) is 17.1 Å². The number of ether oxygens (including phenoxy) is 1. The van der Waals surface area contributed by atoms with Crippen molar-refractivity contribution < 1.29 is 18.9 Å². The lowest BCUT2D eigenvalue weighted by Gasteiger charge is -2.01. The Kier molecular flexibility index (Phi) is 5.52. The van der Waals surface area contributed by atoms with Crippen molar-refractivity contribution in [3.05, 3.63) is 86.6 Å². The highest BCUT2D eigenvalue weighted by Gasteiger charge is 2.13. The lowest BCUT2D eigenvalue weighted by atomic mass is 10.1. The number of furan rings is 1. The van der Waals surface area contributed by atoms with Crippen LogP contribution in [0.2, 0.25) is 0 Å². The first-order valence-electron chi connectivity index (χ1n) is 7.88. The molecular weight excluding hydrogens is 414 g/mol. The van der Waals surface area contributed by atoms with E-state index in [1.54, 1.807) is 55.7 Å². The molecule has 0 aliphatic rings. The number of nitro groups is 1. The third kappa shape index (κ3) is 4.32. The Morgan fingerprint density at radius 2 is 2.00 bits per heavy atom. The first-order valence-corrected chi connectivity index (χ1v) is 8.68. The molecule has 0 spiro atoms. The molecule has 0 saturated heterocycles. The van der Waals surface area contributed by atoms with E-state index < -0.39 is 4.92 Å². The Hall–Kier alpha value is -3.19. The number of rotatable bonds is 6. The van der Waals surface area contributed by atoms with Gasteiger partial charge >= 0.3 is 0 Å². The van der Waals surface area contributed by atoms with Crippen LogP contribution in [0.4, 0.5) is 5.69 Å². The molecule has 0 unspecified atom stereocenters. The Bertz CT molecular complexity index is 1040. The minimum absolute atomic E-state index is 0.0128. The Morgan fingerprint density at radius 1 is 1.19 bits per heavy atom. The number of methoxy groups -OCH3 is 1. The number of ketones is 1. The molecule has 2 aromatic carbocycles. The maximum absolute atomic E-state index is 12.3. The molecule has 0 N–H and O–H groups in total. The van der Waals surface area contributed by atoms with Gasteiger partial charge in [-0.2, -0.15) is 0 Å². The average molecular weight is 428 g/mol. The van der Waals surface area contributed by atoms with E-state index in [2.05, 4.69) is 15.9 Å². The second-order valence-electron chi connectivity index (χ2n) is 5.55. The number of hydrogen-bond donors (Lipinski definition) is 0. The van der Waals surface area contributed by atoms with Gasteiger partial charge in [0.2, 0.25) is 0 Å². The molecule has 0 saturated carbocycles. The van der Waals surface area contributed by atoms with E-state index in [0.29, 0.717) is 32.9 Å². The zero-order valence-electron chi connectivity index (χ0n) is 14.2. The van der Waals surface area contributed by atoms with Gasteiger partial charge in [0, 0.05) is 27.7 Å². The molecule has 27 heavy (non-hydrogen) atoms. The molecule has 0 fully saturated rings. The van der Waals surface area contributed by atoms with Crippen molar-refractivity contribution in [1.82, 2.24) is 0 Å².